The van der Waals surface area contributed by atoms with E-state index >= 15 is 0 Å². The Morgan fingerprint density at radius 1 is 1.07 bits per heavy atom. The molecule has 0 bridgehead atoms. The molecule has 2 aromatic carbocycles. The molecule has 2 aromatic rings. The first-order valence-corrected chi connectivity index (χ1v) is 10.5. The number of carbonyl (C=O) groups is 1. The Labute approximate surface area is 166 Å². The fraction of sp³-hybridized carbons (Fsp3) is 0.350. The molecule has 0 amide bonds. The molecule has 1 aliphatic rings. The molecule has 0 aliphatic carbocycles. The highest BCUT2D eigenvalue weighted by Crippen LogP contribution is 2.47. The van der Waals surface area contributed by atoms with E-state index in [-0.39, 0.29) is 10.6 Å². The summed E-state index contributed by atoms with van der Waals surface area (Å²) in [6, 6.07) is 13.2. The van der Waals surface area contributed by atoms with Gasteiger partial charge in [0.25, 0.3) is 0 Å². The van der Waals surface area contributed by atoms with Crippen molar-refractivity contribution in [3.05, 3.63) is 60.2 Å². The molecule has 1 heterocycles. The molecule has 3 rings (SSSR count). The normalized spacial score (nSPS) is 24.9. The molecule has 0 aromatic heterocycles. The molecule has 1 fully saturated rings. The second-order valence-corrected chi connectivity index (χ2v) is 9.14. The van der Waals surface area contributed by atoms with Gasteiger partial charge in [-0.25, -0.2) is 13.2 Å². The van der Waals surface area contributed by atoms with Crippen LogP contribution in [0.25, 0.3) is 0 Å². The van der Waals surface area contributed by atoms with Gasteiger partial charge in [-0.1, -0.05) is 35.9 Å². The maximum atomic E-state index is 14.2. The summed E-state index contributed by atoms with van der Waals surface area (Å²) in [5, 5.41) is 2.24. The van der Waals surface area contributed by atoms with E-state index in [0.29, 0.717) is 0 Å². The molecule has 1 aliphatic heterocycles. The lowest BCUT2D eigenvalue weighted by Gasteiger charge is -2.35. The van der Waals surface area contributed by atoms with Gasteiger partial charge in [-0.2, -0.15) is 13.2 Å². The summed E-state index contributed by atoms with van der Waals surface area (Å²) >= 11 is 0. The van der Waals surface area contributed by atoms with Crippen molar-refractivity contribution in [2.24, 2.45) is 5.92 Å². The SMILES string of the molecule is Cc1ccc(S(=O)(=O)C[C@H]2[C@H](C)OC(=O)[C@]2(Nc2ccccc2)C(F)(F)F)cc1. The van der Waals surface area contributed by atoms with Crippen molar-refractivity contribution in [3.8, 4) is 0 Å². The maximum absolute atomic E-state index is 14.2. The van der Waals surface area contributed by atoms with Gasteiger partial charge >= 0.3 is 12.1 Å². The topological polar surface area (TPSA) is 72.5 Å². The molecular weight excluding hydrogens is 407 g/mol. The number of cyclic esters (lactones) is 1. The molecular formula is C20H20F3NO4S. The molecule has 156 valence electrons. The number of hydrogen-bond donors (Lipinski definition) is 1. The van der Waals surface area contributed by atoms with E-state index in [1.165, 1.54) is 43.3 Å². The smallest absolute Gasteiger partial charge is 0.422 e. The summed E-state index contributed by atoms with van der Waals surface area (Å²) in [7, 11) is -4.11. The van der Waals surface area contributed by atoms with Crippen LogP contribution in [0.15, 0.2) is 59.5 Å². The van der Waals surface area contributed by atoms with Crippen LogP contribution in [0.4, 0.5) is 18.9 Å². The highest BCUT2D eigenvalue weighted by atomic mass is 32.2. The summed E-state index contributed by atoms with van der Waals surface area (Å²) in [5.41, 5.74) is -2.33. The summed E-state index contributed by atoms with van der Waals surface area (Å²) in [6.45, 7) is 3.04. The number of para-hydroxylation sites is 1. The van der Waals surface area contributed by atoms with Crippen LogP contribution in [-0.2, 0) is 19.4 Å². The number of halogens is 3. The van der Waals surface area contributed by atoms with Crippen LogP contribution in [0.3, 0.4) is 0 Å². The van der Waals surface area contributed by atoms with E-state index < -0.39 is 45.3 Å². The first-order valence-electron chi connectivity index (χ1n) is 8.88. The molecule has 0 radical (unpaired) electrons. The van der Waals surface area contributed by atoms with Crippen molar-refractivity contribution in [1.82, 2.24) is 0 Å². The number of hydrogen-bond acceptors (Lipinski definition) is 5. The van der Waals surface area contributed by atoms with E-state index in [2.05, 4.69) is 5.32 Å². The van der Waals surface area contributed by atoms with Gasteiger partial charge in [-0.3, -0.25) is 0 Å². The number of alkyl halides is 3. The van der Waals surface area contributed by atoms with E-state index in [4.69, 9.17) is 4.74 Å². The lowest BCUT2D eigenvalue weighted by molar-refractivity contribution is -0.193. The monoisotopic (exact) mass is 427 g/mol. The number of sulfone groups is 1. The number of esters is 1. The fourth-order valence-electron chi connectivity index (χ4n) is 3.48. The van der Waals surface area contributed by atoms with Gasteiger partial charge in [-0.15, -0.1) is 0 Å². The third kappa shape index (κ3) is 3.83. The van der Waals surface area contributed by atoms with Crippen LogP contribution in [0, 0.1) is 12.8 Å². The van der Waals surface area contributed by atoms with E-state index in [1.807, 2.05) is 0 Å². The number of carbonyl (C=O) groups excluding carboxylic acids is 1. The Morgan fingerprint density at radius 2 is 1.66 bits per heavy atom. The number of aryl methyl sites for hydroxylation is 1. The third-order valence-corrected chi connectivity index (χ3v) is 6.87. The molecule has 5 nitrogen and oxygen atoms in total. The van der Waals surface area contributed by atoms with Crippen LogP contribution in [0.2, 0.25) is 0 Å². The summed E-state index contributed by atoms with van der Waals surface area (Å²) in [4.78, 5) is 12.3. The van der Waals surface area contributed by atoms with E-state index in [0.717, 1.165) is 5.56 Å². The zero-order chi connectivity index (χ0) is 21.4. The first-order chi connectivity index (χ1) is 13.5. The predicted octanol–water partition coefficient (Wildman–Crippen LogP) is 3.74. The summed E-state index contributed by atoms with van der Waals surface area (Å²) in [5.74, 6) is -4.12. The Balaban J connectivity index is 2.06. The Hall–Kier alpha value is -2.55. The Kier molecular flexibility index (Phi) is 5.38. The minimum Gasteiger partial charge on any atom is -0.460 e. The Morgan fingerprint density at radius 3 is 2.21 bits per heavy atom. The van der Waals surface area contributed by atoms with Crippen LogP contribution >= 0.6 is 0 Å². The molecule has 3 atom stereocenters. The van der Waals surface area contributed by atoms with Gasteiger partial charge < -0.3 is 10.1 Å². The van der Waals surface area contributed by atoms with Gasteiger partial charge in [-0.05, 0) is 38.1 Å². The van der Waals surface area contributed by atoms with Gasteiger partial charge in [0, 0.05) is 5.69 Å². The number of nitrogens with one attached hydrogen (secondary N) is 1. The third-order valence-electron chi connectivity index (χ3n) is 5.08. The molecule has 1 N–H and O–H groups in total. The largest absolute Gasteiger partial charge is 0.460 e. The van der Waals surface area contributed by atoms with Crippen LogP contribution in [0.1, 0.15) is 12.5 Å². The fourth-order valence-corrected chi connectivity index (χ4v) is 5.21. The molecule has 1 saturated heterocycles. The van der Waals surface area contributed by atoms with Crippen molar-refractivity contribution in [2.45, 2.75) is 36.6 Å². The number of ether oxygens (including phenoxy) is 1. The maximum Gasteiger partial charge on any atom is 0.422 e. The highest BCUT2D eigenvalue weighted by molar-refractivity contribution is 7.91. The quantitative estimate of drug-likeness (QED) is 0.736. The number of anilines is 1. The van der Waals surface area contributed by atoms with Crippen molar-refractivity contribution in [1.29, 1.82) is 0 Å². The summed E-state index contributed by atoms with van der Waals surface area (Å²) in [6.07, 6.45) is -6.33. The van der Waals surface area contributed by atoms with Crippen molar-refractivity contribution >= 4 is 21.5 Å². The first kappa shape index (κ1) is 21.2. The zero-order valence-electron chi connectivity index (χ0n) is 15.7. The standard InChI is InChI=1S/C20H20F3NO4S/c1-13-8-10-16(11-9-13)29(26,27)12-17-14(2)28-18(25)19(17,20(21,22)23)24-15-6-4-3-5-7-15/h3-11,14,17,24H,12H2,1-2H3/t14-,17-,19-/m0/s1. The predicted molar refractivity (Wildman–Crippen MR) is 101 cm³/mol. The second kappa shape index (κ2) is 7.37. The minimum absolute atomic E-state index is 0.0357. The van der Waals surface area contributed by atoms with Crippen LogP contribution in [0.5, 0.6) is 0 Å². The average Bonchev–Trinajstić information content (AvgIpc) is 2.87. The molecule has 29 heavy (non-hydrogen) atoms. The van der Waals surface area contributed by atoms with Gasteiger partial charge in [0.2, 0.25) is 5.54 Å². The van der Waals surface area contributed by atoms with E-state index in [9.17, 15) is 26.4 Å². The lowest BCUT2D eigenvalue weighted by Crippen LogP contribution is -2.61. The summed E-state index contributed by atoms with van der Waals surface area (Å²) < 4.78 is 73.4. The van der Waals surface area contributed by atoms with Crippen LogP contribution in [-0.4, -0.2) is 38.0 Å². The van der Waals surface area contributed by atoms with Crippen molar-refractivity contribution in [2.75, 3.05) is 11.1 Å². The number of rotatable bonds is 5. The highest BCUT2D eigenvalue weighted by Gasteiger charge is 2.72. The van der Waals surface area contributed by atoms with E-state index in [1.54, 1.807) is 25.1 Å². The van der Waals surface area contributed by atoms with Crippen LogP contribution < -0.4 is 5.32 Å². The molecule has 9 heteroatoms. The second-order valence-electron chi connectivity index (χ2n) is 7.11. The number of benzene rings is 2. The zero-order valence-corrected chi connectivity index (χ0v) is 16.5. The van der Waals surface area contributed by atoms with Crippen molar-refractivity contribution < 1.29 is 31.1 Å². The van der Waals surface area contributed by atoms with Gasteiger partial charge in [0.1, 0.15) is 6.10 Å². The molecule has 0 saturated carbocycles. The molecule has 0 unspecified atom stereocenters. The lowest BCUT2D eigenvalue weighted by atomic mass is 9.83. The van der Waals surface area contributed by atoms with Crippen molar-refractivity contribution in [3.63, 3.8) is 0 Å². The van der Waals surface area contributed by atoms with Gasteiger partial charge in [0.05, 0.1) is 16.6 Å². The molecule has 0 spiro atoms. The average molecular weight is 427 g/mol. The minimum atomic E-state index is -5.09. The van der Waals surface area contributed by atoms with Gasteiger partial charge in [0.15, 0.2) is 9.84 Å². The Bertz CT molecular complexity index is 991.